The fourth-order valence-corrected chi connectivity index (χ4v) is 4.81. The van der Waals surface area contributed by atoms with Gasteiger partial charge >= 0.3 is 5.97 Å². The molecule has 1 unspecified atom stereocenters. The molecule has 0 aliphatic rings. The number of aliphatic hydroxyl groups is 1. The molecule has 6 nitrogen and oxygen atoms in total. The highest BCUT2D eigenvalue weighted by Gasteiger charge is 2.27. The molecule has 0 heterocycles. The van der Waals surface area contributed by atoms with Crippen LogP contribution in [0.5, 0.6) is 0 Å². The molecule has 2 rings (SSSR count). The Kier molecular flexibility index (Phi) is 8.33. The van der Waals surface area contributed by atoms with E-state index in [1.165, 1.54) is 20.3 Å². The predicted molar refractivity (Wildman–Crippen MR) is 115 cm³/mol. The number of nitrogens with one attached hydrogen (secondary N) is 1. The van der Waals surface area contributed by atoms with Crippen molar-refractivity contribution in [1.82, 2.24) is 5.09 Å². The summed E-state index contributed by atoms with van der Waals surface area (Å²) in [6.07, 6.45) is -1.65. The lowest BCUT2D eigenvalue weighted by Crippen LogP contribution is -2.24. The van der Waals surface area contributed by atoms with E-state index in [1.54, 1.807) is 19.1 Å². The van der Waals surface area contributed by atoms with Crippen LogP contribution in [0.2, 0.25) is 0 Å². The number of hydrogen-bond acceptors (Lipinski definition) is 5. The van der Waals surface area contributed by atoms with E-state index in [0.29, 0.717) is 5.56 Å². The average molecular weight is 437 g/mol. The van der Waals surface area contributed by atoms with E-state index in [-0.39, 0.29) is 24.9 Å². The molecular weight excluding hydrogens is 408 g/mol. The molecule has 0 bridgehead atoms. The number of rotatable bonds is 9. The first-order valence-electron chi connectivity index (χ1n) is 9.60. The maximum Gasteiger partial charge on any atom is 0.308 e. The van der Waals surface area contributed by atoms with Crippen molar-refractivity contribution in [2.24, 2.45) is 0 Å². The van der Waals surface area contributed by atoms with Gasteiger partial charge < -0.3 is 14.4 Å². The summed E-state index contributed by atoms with van der Waals surface area (Å²) in [5.74, 6) is -0.861. The van der Waals surface area contributed by atoms with Crippen LogP contribution in [-0.2, 0) is 25.2 Å². The molecular formula is C22H29FNO5P. The van der Waals surface area contributed by atoms with Crippen LogP contribution < -0.4 is 5.09 Å². The van der Waals surface area contributed by atoms with E-state index < -0.39 is 19.6 Å². The largest absolute Gasteiger partial charge is 0.469 e. The Morgan fingerprint density at radius 1 is 1.17 bits per heavy atom. The number of aryl methyl sites for hydroxylation is 3. The molecule has 164 valence electrons. The fraction of sp³-hybridized carbons (Fsp3) is 0.409. The average Bonchev–Trinajstić information content (AvgIpc) is 2.68. The van der Waals surface area contributed by atoms with Gasteiger partial charge in [0, 0.05) is 13.7 Å². The van der Waals surface area contributed by atoms with Crippen molar-refractivity contribution in [2.75, 3.05) is 20.4 Å². The maximum atomic E-state index is 13.7. The first-order valence-corrected chi connectivity index (χ1v) is 11.4. The van der Waals surface area contributed by atoms with Crippen molar-refractivity contribution >= 4 is 13.5 Å². The van der Waals surface area contributed by atoms with Gasteiger partial charge in [-0.2, -0.15) is 0 Å². The van der Waals surface area contributed by atoms with Crippen molar-refractivity contribution in [1.29, 1.82) is 0 Å². The molecule has 0 saturated heterocycles. The summed E-state index contributed by atoms with van der Waals surface area (Å²) in [6.45, 7) is 5.86. The van der Waals surface area contributed by atoms with Crippen molar-refractivity contribution in [2.45, 2.75) is 39.8 Å². The summed E-state index contributed by atoms with van der Waals surface area (Å²) in [7, 11) is -0.896. The van der Waals surface area contributed by atoms with Gasteiger partial charge in [-0.1, -0.05) is 23.8 Å². The van der Waals surface area contributed by atoms with Crippen LogP contribution in [0, 0.1) is 26.6 Å². The third-order valence-corrected chi connectivity index (χ3v) is 7.09. The number of methoxy groups -OCH3 is 1. The van der Waals surface area contributed by atoms with Gasteiger partial charge in [0.25, 0.3) is 7.52 Å². The molecule has 0 aliphatic heterocycles. The van der Waals surface area contributed by atoms with Crippen LogP contribution in [-0.4, -0.2) is 37.6 Å². The third-order valence-electron chi connectivity index (χ3n) is 4.96. The number of carbonyl (C=O) groups excluding carboxylic acids is 1. The van der Waals surface area contributed by atoms with E-state index in [1.807, 2.05) is 26.0 Å². The van der Waals surface area contributed by atoms with E-state index in [4.69, 9.17) is 4.52 Å². The molecule has 8 heteroatoms. The van der Waals surface area contributed by atoms with Crippen molar-refractivity contribution < 1.29 is 28.1 Å². The lowest BCUT2D eigenvalue weighted by molar-refractivity contribution is -0.142. The Hall–Kier alpha value is -2.05. The first kappa shape index (κ1) is 24.2. The first-order chi connectivity index (χ1) is 14.1. The van der Waals surface area contributed by atoms with Crippen molar-refractivity contribution in [3.8, 4) is 11.1 Å². The SMILES string of the molecule is COC(=O)C[C@H](O)CP(=O)(NCc1c(C)cc(C)cc1-c1ccc(F)c(C)c1)OC. The van der Waals surface area contributed by atoms with Crippen LogP contribution in [0.3, 0.4) is 0 Å². The zero-order valence-electron chi connectivity index (χ0n) is 18.0. The quantitative estimate of drug-likeness (QED) is 0.450. The van der Waals surface area contributed by atoms with Gasteiger partial charge in [0.15, 0.2) is 0 Å². The smallest absolute Gasteiger partial charge is 0.308 e. The minimum absolute atomic E-state index is 0.216. The molecule has 0 amide bonds. The van der Waals surface area contributed by atoms with E-state index in [0.717, 1.165) is 27.8 Å². The Bertz CT molecular complexity index is 963. The fourth-order valence-electron chi connectivity index (χ4n) is 3.32. The van der Waals surface area contributed by atoms with Gasteiger partial charge in [-0.3, -0.25) is 9.36 Å². The normalized spacial score (nSPS) is 14.2. The van der Waals surface area contributed by atoms with Gasteiger partial charge in [-0.05, 0) is 60.7 Å². The van der Waals surface area contributed by atoms with Gasteiger partial charge in [0.1, 0.15) is 5.82 Å². The lowest BCUT2D eigenvalue weighted by atomic mass is 9.93. The van der Waals surface area contributed by atoms with Crippen LogP contribution in [0.1, 0.15) is 28.7 Å². The van der Waals surface area contributed by atoms with Crippen LogP contribution >= 0.6 is 7.52 Å². The standard InChI is InChI=1S/C22H29FNO5P/c1-14-8-15(2)20(19(9-14)17-6-7-21(23)16(3)10-17)12-24-30(27,29-5)13-18(25)11-22(26)28-4/h6-10,18,25H,11-13H2,1-5H3,(H,24,27)/t18-,30?/m0/s1. The second kappa shape index (κ2) is 10.3. The van der Waals surface area contributed by atoms with E-state index in [9.17, 15) is 18.9 Å². The molecule has 0 fully saturated rings. The highest BCUT2D eigenvalue weighted by atomic mass is 31.2. The van der Waals surface area contributed by atoms with E-state index in [2.05, 4.69) is 9.82 Å². The monoisotopic (exact) mass is 437 g/mol. The number of ether oxygens (including phenoxy) is 1. The molecule has 0 spiro atoms. The van der Waals surface area contributed by atoms with Gasteiger partial charge in [-0.15, -0.1) is 0 Å². The predicted octanol–water partition coefficient (Wildman–Crippen LogP) is 4.27. The number of esters is 1. The molecule has 30 heavy (non-hydrogen) atoms. The number of carbonyl (C=O) groups is 1. The molecule has 2 aromatic carbocycles. The zero-order valence-corrected chi connectivity index (χ0v) is 18.9. The summed E-state index contributed by atoms with van der Waals surface area (Å²) in [5.41, 5.74) is 5.23. The maximum absolute atomic E-state index is 13.7. The summed E-state index contributed by atoms with van der Waals surface area (Å²) >= 11 is 0. The Balaban J connectivity index is 2.29. The summed E-state index contributed by atoms with van der Waals surface area (Å²) in [6, 6.07) is 8.95. The number of hydrogen-bond donors (Lipinski definition) is 2. The highest BCUT2D eigenvalue weighted by Crippen LogP contribution is 2.43. The summed E-state index contributed by atoms with van der Waals surface area (Å²) < 4.78 is 36.5. The summed E-state index contributed by atoms with van der Waals surface area (Å²) in [5, 5.41) is 13.0. The minimum Gasteiger partial charge on any atom is -0.469 e. The Labute approximate surface area is 176 Å². The van der Waals surface area contributed by atoms with Crippen LogP contribution in [0.15, 0.2) is 30.3 Å². The molecule has 2 aromatic rings. The van der Waals surface area contributed by atoms with Gasteiger partial charge in [0.2, 0.25) is 0 Å². The Morgan fingerprint density at radius 2 is 1.87 bits per heavy atom. The molecule has 0 radical (unpaired) electrons. The second-order valence-corrected chi connectivity index (χ2v) is 9.77. The molecule has 0 saturated carbocycles. The number of benzene rings is 2. The van der Waals surface area contributed by atoms with Crippen LogP contribution in [0.25, 0.3) is 11.1 Å². The molecule has 0 aliphatic carbocycles. The van der Waals surface area contributed by atoms with Crippen LogP contribution in [0.4, 0.5) is 4.39 Å². The van der Waals surface area contributed by atoms with Gasteiger partial charge in [0.05, 0.1) is 25.8 Å². The third kappa shape index (κ3) is 6.22. The Morgan fingerprint density at radius 3 is 2.47 bits per heavy atom. The molecule has 2 N–H and O–H groups in total. The minimum atomic E-state index is -3.42. The number of aliphatic hydroxyl groups excluding tert-OH is 1. The second-order valence-electron chi connectivity index (χ2n) is 7.38. The summed E-state index contributed by atoms with van der Waals surface area (Å²) in [4.78, 5) is 11.3. The topological polar surface area (TPSA) is 84.9 Å². The molecule has 2 atom stereocenters. The number of halogens is 1. The van der Waals surface area contributed by atoms with E-state index >= 15 is 0 Å². The molecule has 0 aromatic heterocycles. The lowest BCUT2D eigenvalue weighted by Gasteiger charge is -2.22. The zero-order chi connectivity index (χ0) is 22.5. The highest BCUT2D eigenvalue weighted by molar-refractivity contribution is 7.56. The van der Waals surface area contributed by atoms with Crippen molar-refractivity contribution in [3.63, 3.8) is 0 Å². The van der Waals surface area contributed by atoms with Gasteiger partial charge in [-0.25, -0.2) is 9.48 Å². The van der Waals surface area contributed by atoms with Crippen molar-refractivity contribution in [3.05, 3.63) is 58.4 Å².